The van der Waals surface area contributed by atoms with Crippen LogP contribution in [-0.4, -0.2) is 47.8 Å². The maximum absolute atomic E-state index is 13.4. The number of carbonyl (C=O) groups is 2. The lowest BCUT2D eigenvalue weighted by Crippen LogP contribution is -2.48. The summed E-state index contributed by atoms with van der Waals surface area (Å²) in [5.74, 6) is -0.796. The smallest absolute Gasteiger partial charge is 0.283 e. The third-order valence-corrected chi connectivity index (χ3v) is 7.16. The third-order valence-electron chi connectivity index (χ3n) is 6.82. The molecule has 5 nitrogen and oxygen atoms in total. The Labute approximate surface area is 211 Å². The minimum Gasteiger partial charge on any atom is -0.363 e. The number of imide groups is 1. The van der Waals surface area contributed by atoms with Crippen LogP contribution >= 0.6 is 11.6 Å². The summed E-state index contributed by atoms with van der Waals surface area (Å²) in [6, 6.07) is 26.8. The maximum atomic E-state index is 13.4. The minimum absolute atomic E-state index is 0.00564. The lowest BCUT2D eigenvalue weighted by molar-refractivity contribution is -0.121. The van der Waals surface area contributed by atoms with Gasteiger partial charge in [-0.25, -0.2) is 4.90 Å². The van der Waals surface area contributed by atoms with Crippen LogP contribution in [0.1, 0.15) is 28.3 Å². The molecular weight excluding hydrogens is 458 g/mol. The Morgan fingerprint density at radius 1 is 0.743 bits per heavy atom. The van der Waals surface area contributed by atoms with Gasteiger partial charge in [-0.15, -0.1) is 0 Å². The zero-order valence-electron chi connectivity index (χ0n) is 19.9. The normalized spacial score (nSPS) is 17.1. The topological polar surface area (TPSA) is 43.9 Å². The second-order valence-corrected chi connectivity index (χ2v) is 9.52. The fraction of sp³-hybridized carbons (Fsp3) is 0.241. The van der Waals surface area contributed by atoms with Crippen molar-refractivity contribution in [1.82, 2.24) is 9.80 Å². The Balaban J connectivity index is 1.37. The van der Waals surface area contributed by atoms with E-state index in [4.69, 9.17) is 11.6 Å². The monoisotopic (exact) mass is 485 g/mol. The van der Waals surface area contributed by atoms with Gasteiger partial charge in [-0.2, -0.15) is 0 Å². The summed E-state index contributed by atoms with van der Waals surface area (Å²) in [7, 11) is 0. The molecule has 1 fully saturated rings. The van der Waals surface area contributed by atoms with Crippen molar-refractivity contribution in [2.24, 2.45) is 0 Å². The van der Waals surface area contributed by atoms with Crippen LogP contribution in [0.15, 0.2) is 89.6 Å². The van der Waals surface area contributed by atoms with Crippen LogP contribution in [0.25, 0.3) is 0 Å². The van der Waals surface area contributed by atoms with Gasteiger partial charge >= 0.3 is 0 Å². The molecule has 2 aliphatic rings. The van der Waals surface area contributed by atoms with Gasteiger partial charge in [0.25, 0.3) is 11.8 Å². The van der Waals surface area contributed by atoms with Crippen molar-refractivity contribution in [1.29, 1.82) is 0 Å². The van der Waals surface area contributed by atoms with Crippen molar-refractivity contribution in [3.63, 3.8) is 0 Å². The number of piperazine rings is 1. The number of benzene rings is 3. The van der Waals surface area contributed by atoms with E-state index < -0.39 is 5.91 Å². The molecule has 0 spiro atoms. The van der Waals surface area contributed by atoms with Crippen molar-refractivity contribution in [2.75, 3.05) is 31.1 Å². The zero-order chi connectivity index (χ0) is 24.5. The van der Waals surface area contributed by atoms with Crippen LogP contribution in [0.2, 0.25) is 0 Å². The van der Waals surface area contributed by atoms with E-state index in [1.165, 1.54) is 16.0 Å². The highest BCUT2D eigenvalue weighted by atomic mass is 35.5. The SMILES string of the molecule is Cc1ccc(N2C(=O)C(Cl)=C(N3CCN(C(c4ccccc4)c4ccccc4)CC3)C2=O)c(C)c1. The summed E-state index contributed by atoms with van der Waals surface area (Å²) in [5.41, 5.74) is 5.32. The van der Waals surface area contributed by atoms with E-state index in [0.29, 0.717) is 24.5 Å². The molecule has 2 amide bonds. The molecule has 0 radical (unpaired) electrons. The van der Waals surface area contributed by atoms with Gasteiger partial charge in [0.2, 0.25) is 0 Å². The summed E-state index contributed by atoms with van der Waals surface area (Å²) in [4.78, 5) is 32.1. The van der Waals surface area contributed by atoms with E-state index in [9.17, 15) is 9.59 Å². The van der Waals surface area contributed by atoms with Crippen molar-refractivity contribution in [2.45, 2.75) is 19.9 Å². The van der Waals surface area contributed by atoms with Crippen LogP contribution in [-0.2, 0) is 9.59 Å². The molecule has 0 atom stereocenters. The van der Waals surface area contributed by atoms with Crippen LogP contribution in [0.5, 0.6) is 0 Å². The zero-order valence-corrected chi connectivity index (χ0v) is 20.7. The number of rotatable bonds is 5. The lowest BCUT2D eigenvalue weighted by Gasteiger charge is -2.40. The number of hydrogen-bond donors (Lipinski definition) is 0. The van der Waals surface area contributed by atoms with Crippen LogP contribution in [0.3, 0.4) is 0 Å². The fourth-order valence-corrected chi connectivity index (χ4v) is 5.41. The largest absolute Gasteiger partial charge is 0.363 e. The second kappa shape index (κ2) is 9.68. The molecule has 0 N–H and O–H groups in total. The van der Waals surface area contributed by atoms with E-state index in [-0.39, 0.29) is 17.0 Å². The number of amides is 2. The molecule has 5 rings (SSSR count). The van der Waals surface area contributed by atoms with Gasteiger partial charge < -0.3 is 4.90 Å². The number of carbonyl (C=O) groups excluding carboxylic acids is 2. The van der Waals surface area contributed by atoms with Gasteiger partial charge in [0.1, 0.15) is 10.7 Å². The molecule has 178 valence electrons. The molecule has 0 saturated carbocycles. The Kier molecular flexibility index (Phi) is 6.46. The second-order valence-electron chi connectivity index (χ2n) is 9.15. The summed E-state index contributed by atoms with van der Waals surface area (Å²) in [5, 5.41) is 0.00564. The van der Waals surface area contributed by atoms with Crippen molar-refractivity contribution in [3.05, 3.63) is 112 Å². The quantitative estimate of drug-likeness (QED) is 0.475. The van der Waals surface area contributed by atoms with Crippen molar-refractivity contribution in [3.8, 4) is 0 Å². The van der Waals surface area contributed by atoms with Gasteiger partial charge in [-0.3, -0.25) is 14.5 Å². The molecule has 0 unspecified atom stereocenters. The molecule has 1 saturated heterocycles. The number of hydrogen-bond acceptors (Lipinski definition) is 4. The van der Waals surface area contributed by atoms with Gasteiger partial charge in [0.05, 0.1) is 11.7 Å². The summed E-state index contributed by atoms with van der Waals surface area (Å²) in [6.45, 7) is 6.60. The van der Waals surface area contributed by atoms with Gasteiger partial charge in [0.15, 0.2) is 0 Å². The first kappa shape index (κ1) is 23.3. The molecular formula is C29H28ClN3O2. The fourth-order valence-electron chi connectivity index (χ4n) is 5.13. The average Bonchev–Trinajstić information content (AvgIpc) is 3.09. The predicted octanol–water partition coefficient (Wildman–Crippen LogP) is 5.03. The summed E-state index contributed by atoms with van der Waals surface area (Å²) in [6.07, 6.45) is 0. The Hall–Kier alpha value is -3.41. The van der Waals surface area contributed by atoms with E-state index in [1.807, 2.05) is 49.1 Å². The average molecular weight is 486 g/mol. The first-order valence-electron chi connectivity index (χ1n) is 11.9. The molecule has 2 heterocycles. The number of aryl methyl sites for hydroxylation is 2. The van der Waals surface area contributed by atoms with Crippen LogP contribution < -0.4 is 4.90 Å². The first-order valence-corrected chi connectivity index (χ1v) is 12.3. The summed E-state index contributed by atoms with van der Waals surface area (Å²) >= 11 is 6.49. The molecule has 3 aromatic carbocycles. The van der Waals surface area contributed by atoms with E-state index >= 15 is 0 Å². The lowest BCUT2D eigenvalue weighted by atomic mass is 9.96. The van der Waals surface area contributed by atoms with Gasteiger partial charge in [0, 0.05) is 26.2 Å². The first-order chi connectivity index (χ1) is 17.0. The molecule has 35 heavy (non-hydrogen) atoms. The minimum atomic E-state index is -0.451. The van der Waals surface area contributed by atoms with Crippen LogP contribution in [0, 0.1) is 13.8 Å². The highest BCUT2D eigenvalue weighted by Crippen LogP contribution is 2.35. The molecule has 0 aromatic heterocycles. The third kappa shape index (κ3) is 4.38. The Morgan fingerprint density at radius 3 is 1.86 bits per heavy atom. The predicted molar refractivity (Wildman–Crippen MR) is 139 cm³/mol. The highest BCUT2D eigenvalue weighted by molar-refractivity contribution is 6.52. The molecule has 2 aliphatic heterocycles. The van der Waals surface area contributed by atoms with E-state index in [0.717, 1.165) is 24.2 Å². The van der Waals surface area contributed by atoms with E-state index in [1.54, 1.807) is 0 Å². The standard InChI is InChI=1S/C29H28ClN3O2/c1-20-13-14-24(21(2)19-20)33-28(34)25(30)27(29(33)35)32-17-15-31(16-18-32)26(22-9-5-3-6-10-22)23-11-7-4-8-12-23/h3-14,19,26H,15-18H2,1-2H3. The number of nitrogens with zero attached hydrogens (tertiary/aromatic N) is 3. The molecule has 0 bridgehead atoms. The van der Waals surface area contributed by atoms with Crippen molar-refractivity contribution >= 4 is 29.1 Å². The molecule has 0 aliphatic carbocycles. The van der Waals surface area contributed by atoms with Gasteiger partial charge in [-0.1, -0.05) is 90.0 Å². The number of halogens is 1. The Morgan fingerprint density at radius 2 is 1.31 bits per heavy atom. The maximum Gasteiger partial charge on any atom is 0.283 e. The van der Waals surface area contributed by atoms with E-state index in [2.05, 4.69) is 53.4 Å². The Bertz CT molecular complexity index is 1240. The molecule has 3 aromatic rings. The van der Waals surface area contributed by atoms with Crippen molar-refractivity contribution < 1.29 is 9.59 Å². The summed E-state index contributed by atoms with van der Waals surface area (Å²) < 4.78 is 0. The van der Waals surface area contributed by atoms with Gasteiger partial charge in [-0.05, 0) is 36.6 Å². The molecule has 6 heteroatoms. The van der Waals surface area contributed by atoms with Crippen LogP contribution in [0.4, 0.5) is 5.69 Å². The highest BCUT2D eigenvalue weighted by Gasteiger charge is 2.42. The number of anilines is 1.